The molecule has 6 nitrogen and oxygen atoms in total. The van der Waals surface area contributed by atoms with Crippen LogP contribution in [0, 0.1) is 5.92 Å². The van der Waals surface area contributed by atoms with Gasteiger partial charge in [0.25, 0.3) is 0 Å². The van der Waals surface area contributed by atoms with Crippen molar-refractivity contribution in [3.63, 3.8) is 0 Å². The lowest BCUT2D eigenvalue weighted by molar-refractivity contribution is -0.129. The van der Waals surface area contributed by atoms with Crippen molar-refractivity contribution in [3.8, 4) is 0 Å². The Hall–Kier alpha value is -0.570. The molecule has 0 aromatic rings. The third-order valence-electron chi connectivity index (χ3n) is 4.78. The summed E-state index contributed by atoms with van der Waals surface area (Å²) in [6.45, 7) is 10.3. The summed E-state index contributed by atoms with van der Waals surface area (Å²) in [5.74, 6) is 1.82. The van der Waals surface area contributed by atoms with Crippen molar-refractivity contribution >= 4 is 35.8 Å². The molecule has 0 bridgehead atoms. The molecule has 0 aromatic carbocycles. The summed E-state index contributed by atoms with van der Waals surface area (Å²) >= 11 is 0. The van der Waals surface area contributed by atoms with Gasteiger partial charge in [0.1, 0.15) is 0 Å². The largest absolute Gasteiger partial charge is 0.356 e. The van der Waals surface area contributed by atoms with Gasteiger partial charge in [-0.05, 0) is 31.8 Å². The van der Waals surface area contributed by atoms with E-state index in [2.05, 4.69) is 27.4 Å². The molecule has 2 fully saturated rings. The minimum atomic E-state index is 0. The summed E-state index contributed by atoms with van der Waals surface area (Å²) in [7, 11) is 1.81. The Bertz CT molecular complexity index is 404. The first-order chi connectivity index (χ1) is 10.7. The molecular formula is C16H32IN5O. The molecule has 0 spiro atoms. The van der Waals surface area contributed by atoms with E-state index < -0.39 is 0 Å². The number of rotatable bonds is 5. The van der Waals surface area contributed by atoms with Gasteiger partial charge in [-0.25, -0.2) is 0 Å². The summed E-state index contributed by atoms with van der Waals surface area (Å²) in [6, 6.07) is 0.317. The molecule has 134 valence electrons. The highest BCUT2D eigenvalue weighted by atomic mass is 127. The van der Waals surface area contributed by atoms with Gasteiger partial charge in [0, 0.05) is 45.7 Å². The fourth-order valence-corrected chi connectivity index (χ4v) is 3.32. The molecule has 0 aliphatic carbocycles. The van der Waals surface area contributed by atoms with E-state index in [-0.39, 0.29) is 29.9 Å². The van der Waals surface area contributed by atoms with Gasteiger partial charge in [-0.2, -0.15) is 0 Å². The van der Waals surface area contributed by atoms with E-state index >= 15 is 0 Å². The predicted molar refractivity (Wildman–Crippen MR) is 105 cm³/mol. The van der Waals surface area contributed by atoms with Crippen LogP contribution in [0.25, 0.3) is 0 Å². The fourth-order valence-electron chi connectivity index (χ4n) is 3.32. The normalized spacial score (nSPS) is 25.3. The molecule has 2 unspecified atom stereocenters. The number of halogens is 1. The minimum absolute atomic E-state index is 0. The second-order valence-electron chi connectivity index (χ2n) is 6.32. The lowest BCUT2D eigenvalue weighted by Gasteiger charge is -2.20. The standard InChI is InChI=1S/C16H31N5O.HI/c1-4-15(22)21-9-7-14(12-21)19-16(17-3)18-10-13-6-8-20(5-2)11-13;/h13-14H,4-12H2,1-3H3,(H2,17,18,19);1H. The summed E-state index contributed by atoms with van der Waals surface area (Å²) in [5.41, 5.74) is 0. The SMILES string of the molecule is CCC(=O)N1CCC(NC(=NC)NCC2CCN(CC)C2)C1.I. The number of likely N-dealkylation sites (tertiary alicyclic amines) is 2. The van der Waals surface area contributed by atoms with Crippen molar-refractivity contribution in [3.05, 3.63) is 0 Å². The molecule has 2 rings (SSSR count). The highest BCUT2D eigenvalue weighted by Gasteiger charge is 2.26. The van der Waals surface area contributed by atoms with E-state index in [4.69, 9.17) is 0 Å². The van der Waals surface area contributed by atoms with Gasteiger partial charge in [-0.1, -0.05) is 13.8 Å². The molecular weight excluding hydrogens is 405 g/mol. The molecule has 2 atom stereocenters. The van der Waals surface area contributed by atoms with Crippen LogP contribution in [0.3, 0.4) is 0 Å². The minimum Gasteiger partial charge on any atom is -0.356 e. The molecule has 2 heterocycles. The predicted octanol–water partition coefficient (Wildman–Crippen LogP) is 1.12. The van der Waals surface area contributed by atoms with Gasteiger partial charge in [0.2, 0.25) is 5.91 Å². The number of carbonyl (C=O) groups excluding carboxylic acids is 1. The van der Waals surface area contributed by atoms with E-state index in [0.29, 0.717) is 18.4 Å². The van der Waals surface area contributed by atoms with Crippen molar-refractivity contribution < 1.29 is 4.79 Å². The Morgan fingerprint density at radius 3 is 2.61 bits per heavy atom. The number of hydrogen-bond donors (Lipinski definition) is 2. The van der Waals surface area contributed by atoms with E-state index in [0.717, 1.165) is 38.6 Å². The molecule has 0 aromatic heterocycles. The molecule has 1 amide bonds. The van der Waals surface area contributed by atoms with Crippen molar-refractivity contribution in [1.29, 1.82) is 0 Å². The molecule has 2 saturated heterocycles. The average molecular weight is 437 g/mol. The van der Waals surface area contributed by atoms with Crippen LogP contribution < -0.4 is 10.6 Å². The summed E-state index contributed by atoms with van der Waals surface area (Å²) < 4.78 is 0. The Balaban J connectivity index is 0.00000264. The maximum absolute atomic E-state index is 11.7. The van der Waals surface area contributed by atoms with Crippen LogP contribution in [0.5, 0.6) is 0 Å². The van der Waals surface area contributed by atoms with Gasteiger partial charge in [0.15, 0.2) is 5.96 Å². The first-order valence-corrected chi connectivity index (χ1v) is 8.63. The summed E-state index contributed by atoms with van der Waals surface area (Å²) in [6.07, 6.45) is 2.86. The number of guanidine groups is 1. The van der Waals surface area contributed by atoms with E-state index in [1.807, 2.05) is 18.9 Å². The number of aliphatic imine (C=N–C) groups is 1. The number of amides is 1. The Kier molecular flexibility index (Phi) is 9.19. The monoisotopic (exact) mass is 437 g/mol. The third-order valence-corrected chi connectivity index (χ3v) is 4.78. The van der Waals surface area contributed by atoms with Gasteiger partial charge < -0.3 is 20.4 Å². The number of nitrogens with one attached hydrogen (secondary N) is 2. The lowest BCUT2D eigenvalue weighted by atomic mass is 10.1. The average Bonchev–Trinajstić information content (AvgIpc) is 3.19. The van der Waals surface area contributed by atoms with E-state index in [1.54, 1.807) is 0 Å². The van der Waals surface area contributed by atoms with Crippen LogP contribution >= 0.6 is 24.0 Å². The van der Waals surface area contributed by atoms with Crippen LogP contribution in [-0.2, 0) is 4.79 Å². The quantitative estimate of drug-likeness (QED) is 0.385. The second-order valence-corrected chi connectivity index (χ2v) is 6.32. The van der Waals surface area contributed by atoms with Gasteiger partial charge in [-0.15, -0.1) is 24.0 Å². The topological polar surface area (TPSA) is 60.0 Å². The molecule has 0 radical (unpaired) electrons. The number of hydrogen-bond acceptors (Lipinski definition) is 3. The smallest absolute Gasteiger partial charge is 0.222 e. The van der Waals surface area contributed by atoms with Crippen LogP contribution in [0.1, 0.15) is 33.1 Å². The van der Waals surface area contributed by atoms with Crippen molar-refractivity contribution in [2.75, 3.05) is 46.3 Å². The lowest BCUT2D eigenvalue weighted by Crippen LogP contribution is -2.46. The molecule has 7 heteroatoms. The van der Waals surface area contributed by atoms with Crippen molar-refractivity contribution in [1.82, 2.24) is 20.4 Å². The third kappa shape index (κ3) is 6.10. The molecule has 0 saturated carbocycles. The van der Waals surface area contributed by atoms with Gasteiger partial charge >= 0.3 is 0 Å². The molecule has 2 aliphatic heterocycles. The van der Waals surface area contributed by atoms with Crippen molar-refractivity contribution in [2.45, 2.75) is 39.2 Å². The zero-order chi connectivity index (χ0) is 15.9. The Morgan fingerprint density at radius 1 is 1.22 bits per heavy atom. The van der Waals surface area contributed by atoms with Crippen LogP contribution in [0.2, 0.25) is 0 Å². The Morgan fingerprint density at radius 2 is 2.00 bits per heavy atom. The fraction of sp³-hybridized carbons (Fsp3) is 0.875. The maximum atomic E-state index is 11.7. The van der Waals surface area contributed by atoms with Gasteiger partial charge in [0.05, 0.1) is 0 Å². The summed E-state index contributed by atoms with van der Waals surface area (Å²) in [4.78, 5) is 20.5. The zero-order valence-electron chi connectivity index (χ0n) is 14.7. The van der Waals surface area contributed by atoms with Crippen LogP contribution in [0.15, 0.2) is 4.99 Å². The number of carbonyl (C=O) groups is 1. The number of nitrogens with zero attached hydrogens (tertiary/aromatic N) is 3. The molecule has 2 N–H and O–H groups in total. The van der Waals surface area contributed by atoms with Crippen LogP contribution in [0.4, 0.5) is 0 Å². The highest BCUT2D eigenvalue weighted by molar-refractivity contribution is 14.0. The van der Waals surface area contributed by atoms with Gasteiger partial charge in [-0.3, -0.25) is 9.79 Å². The first kappa shape index (κ1) is 20.5. The second kappa shape index (κ2) is 10.3. The van der Waals surface area contributed by atoms with E-state index in [9.17, 15) is 4.79 Å². The van der Waals surface area contributed by atoms with Crippen LogP contribution in [-0.4, -0.2) is 74.0 Å². The zero-order valence-corrected chi connectivity index (χ0v) is 17.0. The van der Waals surface area contributed by atoms with Crippen molar-refractivity contribution in [2.24, 2.45) is 10.9 Å². The molecule has 2 aliphatic rings. The highest BCUT2D eigenvalue weighted by Crippen LogP contribution is 2.14. The van der Waals surface area contributed by atoms with E-state index in [1.165, 1.54) is 19.5 Å². The Labute approximate surface area is 157 Å². The maximum Gasteiger partial charge on any atom is 0.222 e. The molecule has 23 heavy (non-hydrogen) atoms. The summed E-state index contributed by atoms with van der Waals surface area (Å²) in [5, 5.41) is 6.90. The first-order valence-electron chi connectivity index (χ1n) is 8.63.